The van der Waals surface area contributed by atoms with Crippen molar-refractivity contribution in [3.63, 3.8) is 0 Å². The summed E-state index contributed by atoms with van der Waals surface area (Å²) < 4.78 is 19.7. The molecule has 6 rings (SSSR count). The van der Waals surface area contributed by atoms with Crippen LogP contribution in [0.15, 0.2) is 77.3 Å². The maximum absolute atomic E-state index is 6.25. The Kier molecular flexibility index (Phi) is 5.70. The van der Waals surface area contributed by atoms with Gasteiger partial charge in [-0.25, -0.2) is 9.50 Å². The molecular weight excluding hydrogens is 470 g/mol. The second-order valence-corrected chi connectivity index (χ2v) is 9.81. The molecule has 0 atom stereocenters. The third-order valence-electron chi connectivity index (χ3n) is 6.25. The lowest BCUT2D eigenvalue weighted by atomic mass is 10.0. The summed E-state index contributed by atoms with van der Waals surface area (Å²) in [5.41, 5.74) is 6.08. The highest BCUT2D eigenvalue weighted by Gasteiger charge is 2.16. The number of fused-ring (bicyclic) bond motifs is 2. The number of imidazole rings is 1. The van der Waals surface area contributed by atoms with Crippen LogP contribution in [0.1, 0.15) is 23.1 Å². The third-order valence-corrected chi connectivity index (χ3v) is 7.09. The van der Waals surface area contributed by atoms with E-state index in [0.717, 1.165) is 55.7 Å². The van der Waals surface area contributed by atoms with Gasteiger partial charge in [-0.2, -0.15) is 5.10 Å². The van der Waals surface area contributed by atoms with Crippen molar-refractivity contribution in [1.82, 2.24) is 14.6 Å². The van der Waals surface area contributed by atoms with Gasteiger partial charge in [0, 0.05) is 17.0 Å². The van der Waals surface area contributed by atoms with Crippen molar-refractivity contribution >= 4 is 27.3 Å². The Morgan fingerprint density at radius 1 is 0.972 bits per heavy atom. The summed E-state index contributed by atoms with van der Waals surface area (Å²) in [5.74, 6) is 2.21. The predicted octanol–water partition coefficient (Wildman–Crippen LogP) is 7.33. The van der Waals surface area contributed by atoms with Gasteiger partial charge in [0.2, 0.25) is 4.96 Å². The molecule has 3 aromatic heterocycles. The van der Waals surface area contributed by atoms with Crippen LogP contribution >= 0.6 is 11.3 Å². The molecule has 180 valence electrons. The summed E-state index contributed by atoms with van der Waals surface area (Å²) in [6.07, 6.45) is 2.92. The highest BCUT2D eigenvalue weighted by molar-refractivity contribution is 7.16. The van der Waals surface area contributed by atoms with Crippen LogP contribution in [0.2, 0.25) is 0 Å². The number of aromatic nitrogens is 3. The number of furan rings is 1. The first kappa shape index (κ1) is 22.4. The van der Waals surface area contributed by atoms with Crippen molar-refractivity contribution in [1.29, 1.82) is 0 Å². The molecule has 0 saturated carbocycles. The molecule has 0 aliphatic rings. The van der Waals surface area contributed by atoms with Crippen molar-refractivity contribution < 1.29 is 13.9 Å². The fourth-order valence-corrected chi connectivity index (χ4v) is 5.05. The zero-order chi connectivity index (χ0) is 24.6. The first-order chi connectivity index (χ1) is 17.6. The van der Waals surface area contributed by atoms with Gasteiger partial charge in [0.05, 0.1) is 13.3 Å². The Balaban J connectivity index is 1.29. The van der Waals surface area contributed by atoms with Crippen LogP contribution < -0.4 is 9.47 Å². The van der Waals surface area contributed by atoms with E-state index in [9.17, 15) is 0 Å². The van der Waals surface area contributed by atoms with Crippen molar-refractivity contribution in [3.05, 3.63) is 89.1 Å². The Bertz CT molecular complexity index is 1650. The van der Waals surface area contributed by atoms with Crippen molar-refractivity contribution in [2.45, 2.75) is 26.9 Å². The smallest absolute Gasteiger partial charge is 0.212 e. The van der Waals surface area contributed by atoms with E-state index in [0.29, 0.717) is 12.4 Å². The quantitative estimate of drug-likeness (QED) is 0.232. The molecule has 0 aliphatic carbocycles. The van der Waals surface area contributed by atoms with E-state index < -0.39 is 0 Å². The Labute approximate surface area is 212 Å². The van der Waals surface area contributed by atoms with Gasteiger partial charge in [-0.1, -0.05) is 54.7 Å². The lowest BCUT2D eigenvalue weighted by Crippen LogP contribution is -1.97. The zero-order valence-electron chi connectivity index (χ0n) is 20.3. The van der Waals surface area contributed by atoms with Gasteiger partial charge in [-0.15, -0.1) is 0 Å². The molecule has 6 aromatic rings. The molecule has 0 bridgehead atoms. The van der Waals surface area contributed by atoms with Crippen LogP contribution in [0.3, 0.4) is 0 Å². The molecule has 36 heavy (non-hydrogen) atoms. The minimum absolute atomic E-state index is 0.379. The zero-order valence-corrected chi connectivity index (χ0v) is 21.1. The van der Waals surface area contributed by atoms with Gasteiger partial charge in [0.15, 0.2) is 5.76 Å². The summed E-state index contributed by atoms with van der Waals surface area (Å²) in [6.45, 7) is 4.51. The van der Waals surface area contributed by atoms with E-state index >= 15 is 0 Å². The van der Waals surface area contributed by atoms with Crippen LogP contribution in [0.25, 0.3) is 38.5 Å². The number of methoxy groups -OCH3 is 1. The Hall–Kier alpha value is -4.10. The number of nitrogens with zero attached hydrogens (tertiary/aromatic N) is 3. The summed E-state index contributed by atoms with van der Waals surface area (Å²) in [5, 5.41) is 6.39. The van der Waals surface area contributed by atoms with Gasteiger partial charge in [0.25, 0.3) is 0 Å². The van der Waals surface area contributed by atoms with Crippen LogP contribution in [0.5, 0.6) is 11.5 Å². The van der Waals surface area contributed by atoms with Crippen LogP contribution in [0, 0.1) is 6.92 Å². The minimum Gasteiger partial charge on any atom is -0.497 e. The molecule has 0 amide bonds. The minimum atomic E-state index is 0.379. The van der Waals surface area contributed by atoms with E-state index in [1.54, 1.807) is 23.0 Å². The molecule has 7 heteroatoms. The highest BCUT2D eigenvalue weighted by atomic mass is 32.1. The molecule has 0 unspecified atom stereocenters. The standard InChI is InChI=1S/C29H25N3O3S/c1-4-19-8-10-20(11-9-19)21-6-5-7-23(12-21)34-17-22-13-24(33-3)14-27-25(22)15-28(35-27)26-16-32-29(30-26)36-18(2)31-32/h5-16H,4,17H2,1-3H3. The van der Waals surface area contributed by atoms with Gasteiger partial charge < -0.3 is 13.9 Å². The molecule has 0 saturated heterocycles. The van der Waals surface area contributed by atoms with E-state index in [1.807, 2.05) is 43.5 Å². The summed E-state index contributed by atoms with van der Waals surface area (Å²) in [7, 11) is 1.65. The molecular formula is C29H25N3O3S. The highest BCUT2D eigenvalue weighted by Crippen LogP contribution is 2.34. The second kappa shape index (κ2) is 9.17. The van der Waals surface area contributed by atoms with E-state index in [4.69, 9.17) is 13.9 Å². The van der Waals surface area contributed by atoms with Gasteiger partial charge in [-0.3, -0.25) is 0 Å². The average molecular weight is 496 g/mol. The van der Waals surface area contributed by atoms with Crippen LogP contribution in [-0.2, 0) is 13.0 Å². The van der Waals surface area contributed by atoms with Gasteiger partial charge in [-0.05, 0) is 54.3 Å². The topological polar surface area (TPSA) is 61.8 Å². The average Bonchev–Trinajstić information content (AvgIpc) is 3.60. The molecule has 6 nitrogen and oxygen atoms in total. The monoisotopic (exact) mass is 495 g/mol. The molecule has 3 aromatic carbocycles. The van der Waals surface area contributed by atoms with Crippen molar-refractivity contribution in [3.8, 4) is 34.1 Å². The SMILES string of the molecule is CCc1ccc(-c2cccc(OCc3cc(OC)cc4oc(-c5cn6nc(C)sc6n5)cc34)c2)cc1. The summed E-state index contributed by atoms with van der Waals surface area (Å²) in [6, 6.07) is 22.7. The largest absolute Gasteiger partial charge is 0.497 e. The van der Waals surface area contributed by atoms with E-state index in [-0.39, 0.29) is 0 Å². The Morgan fingerprint density at radius 3 is 2.61 bits per heavy atom. The number of aryl methyl sites for hydroxylation is 2. The number of hydrogen-bond acceptors (Lipinski definition) is 6. The number of ether oxygens (including phenoxy) is 2. The Morgan fingerprint density at radius 2 is 1.83 bits per heavy atom. The van der Waals surface area contributed by atoms with Gasteiger partial charge in [0.1, 0.15) is 34.4 Å². The molecule has 0 radical (unpaired) electrons. The fourth-order valence-electron chi connectivity index (χ4n) is 4.32. The molecule has 0 N–H and O–H groups in total. The van der Waals surface area contributed by atoms with E-state index in [2.05, 4.69) is 53.4 Å². The number of hydrogen-bond donors (Lipinski definition) is 0. The van der Waals surface area contributed by atoms with Crippen LogP contribution in [-0.4, -0.2) is 21.7 Å². The number of rotatable bonds is 7. The maximum atomic E-state index is 6.25. The van der Waals surface area contributed by atoms with Gasteiger partial charge >= 0.3 is 0 Å². The lowest BCUT2D eigenvalue weighted by Gasteiger charge is -2.10. The fraction of sp³-hybridized carbons (Fsp3) is 0.172. The summed E-state index contributed by atoms with van der Waals surface area (Å²) in [4.78, 5) is 5.52. The molecule has 3 heterocycles. The first-order valence-electron chi connectivity index (χ1n) is 11.9. The van der Waals surface area contributed by atoms with E-state index in [1.165, 1.54) is 11.1 Å². The first-order valence-corrected chi connectivity index (χ1v) is 12.7. The lowest BCUT2D eigenvalue weighted by molar-refractivity contribution is 0.307. The molecule has 0 spiro atoms. The molecule has 0 aliphatic heterocycles. The third kappa shape index (κ3) is 4.22. The van der Waals surface area contributed by atoms with Crippen LogP contribution in [0.4, 0.5) is 0 Å². The maximum Gasteiger partial charge on any atom is 0.212 e. The molecule has 0 fully saturated rings. The normalized spacial score (nSPS) is 11.4. The van der Waals surface area contributed by atoms with Crippen molar-refractivity contribution in [2.24, 2.45) is 0 Å². The second-order valence-electron chi connectivity index (χ2n) is 8.65. The predicted molar refractivity (Wildman–Crippen MR) is 143 cm³/mol. The number of benzene rings is 3. The summed E-state index contributed by atoms with van der Waals surface area (Å²) >= 11 is 1.55. The van der Waals surface area contributed by atoms with Crippen molar-refractivity contribution in [2.75, 3.05) is 7.11 Å².